The zero-order chi connectivity index (χ0) is 16.4. The molecule has 23 heavy (non-hydrogen) atoms. The highest BCUT2D eigenvalue weighted by Crippen LogP contribution is 2.60. The lowest BCUT2D eigenvalue weighted by molar-refractivity contribution is -0.122. The lowest BCUT2D eigenvalue weighted by Gasteiger charge is -2.46. The molecule has 0 saturated carbocycles. The van der Waals surface area contributed by atoms with Crippen LogP contribution in [0.5, 0.6) is 5.75 Å². The van der Waals surface area contributed by atoms with Crippen LogP contribution in [0.25, 0.3) is 0 Å². The smallest absolute Gasteiger partial charge is 0.129 e. The Hall–Kier alpha value is -1.13. The van der Waals surface area contributed by atoms with E-state index in [1.165, 1.54) is 0 Å². The maximum absolute atomic E-state index is 14.7. The highest BCUT2D eigenvalue weighted by Gasteiger charge is 2.58. The van der Waals surface area contributed by atoms with Gasteiger partial charge in [-0.3, -0.25) is 0 Å². The number of piperidine rings is 1. The Labute approximate surface area is 137 Å². The lowest BCUT2D eigenvalue weighted by Crippen LogP contribution is -2.49. The minimum absolute atomic E-state index is 0.157. The molecule has 1 fully saturated rings. The number of aliphatic hydroxyl groups is 1. The van der Waals surface area contributed by atoms with Gasteiger partial charge in [-0.1, -0.05) is 13.8 Å². The fourth-order valence-electron chi connectivity index (χ4n) is 5.01. The predicted molar refractivity (Wildman–Crippen MR) is 87.2 cm³/mol. The van der Waals surface area contributed by atoms with Crippen molar-refractivity contribution in [2.24, 2.45) is 11.3 Å². The van der Waals surface area contributed by atoms with Crippen LogP contribution >= 0.6 is 0 Å². The van der Waals surface area contributed by atoms with E-state index < -0.39 is 5.60 Å². The molecule has 0 radical (unpaired) electrons. The summed E-state index contributed by atoms with van der Waals surface area (Å²) in [7, 11) is 2.12. The fraction of sp³-hybridized carbons (Fsp3) is 0.684. The highest BCUT2D eigenvalue weighted by molar-refractivity contribution is 5.56. The summed E-state index contributed by atoms with van der Waals surface area (Å²) in [5.41, 5.74) is 0.990. The fourth-order valence-corrected chi connectivity index (χ4v) is 5.01. The van der Waals surface area contributed by atoms with Gasteiger partial charge in [0.2, 0.25) is 0 Å². The molecule has 1 aromatic carbocycles. The second kappa shape index (κ2) is 4.93. The SMILES string of the molecule is CN1CCC(C2(O)c3c(c(F)cc4c3OCC4)CC2(C)C)CC1. The number of rotatable bonds is 1. The molecule has 1 atom stereocenters. The van der Waals surface area contributed by atoms with Crippen molar-refractivity contribution < 1.29 is 14.2 Å². The van der Waals surface area contributed by atoms with Gasteiger partial charge in [0.25, 0.3) is 0 Å². The first-order valence-corrected chi connectivity index (χ1v) is 8.73. The van der Waals surface area contributed by atoms with Crippen LogP contribution in [-0.2, 0) is 18.4 Å². The Morgan fingerprint density at radius 3 is 2.70 bits per heavy atom. The molecule has 1 aromatic rings. The number of hydrogen-bond donors (Lipinski definition) is 1. The third kappa shape index (κ3) is 2.01. The molecule has 0 aromatic heterocycles. The van der Waals surface area contributed by atoms with E-state index in [2.05, 4.69) is 25.8 Å². The third-order valence-electron chi connectivity index (χ3n) is 6.37. The van der Waals surface area contributed by atoms with Crippen molar-refractivity contribution >= 4 is 0 Å². The number of likely N-dealkylation sites (tertiary alicyclic amines) is 1. The Morgan fingerprint density at radius 1 is 1.30 bits per heavy atom. The molecule has 4 rings (SSSR count). The molecular formula is C19H26FNO2. The van der Waals surface area contributed by atoms with Crippen LogP contribution in [0, 0.1) is 17.2 Å². The average molecular weight is 319 g/mol. The largest absolute Gasteiger partial charge is 0.493 e. The van der Waals surface area contributed by atoms with Gasteiger partial charge in [-0.2, -0.15) is 0 Å². The van der Waals surface area contributed by atoms with Gasteiger partial charge in [-0.15, -0.1) is 0 Å². The van der Waals surface area contributed by atoms with Gasteiger partial charge in [-0.05, 0) is 56.9 Å². The average Bonchev–Trinajstić information content (AvgIpc) is 3.02. The number of ether oxygens (including phenoxy) is 1. The molecule has 0 bridgehead atoms. The van der Waals surface area contributed by atoms with Gasteiger partial charge in [0.1, 0.15) is 17.2 Å². The number of fused-ring (bicyclic) bond motifs is 3. The maximum Gasteiger partial charge on any atom is 0.129 e. The first-order valence-electron chi connectivity index (χ1n) is 8.73. The summed E-state index contributed by atoms with van der Waals surface area (Å²) in [5.74, 6) is 0.764. The van der Waals surface area contributed by atoms with E-state index in [0.29, 0.717) is 18.6 Å². The molecule has 1 saturated heterocycles. The van der Waals surface area contributed by atoms with Crippen molar-refractivity contribution in [2.75, 3.05) is 26.7 Å². The Morgan fingerprint density at radius 2 is 2.00 bits per heavy atom. The van der Waals surface area contributed by atoms with Gasteiger partial charge in [0.15, 0.2) is 0 Å². The van der Waals surface area contributed by atoms with Crippen molar-refractivity contribution in [1.29, 1.82) is 0 Å². The lowest BCUT2D eigenvalue weighted by atomic mass is 9.65. The number of nitrogens with zero attached hydrogens (tertiary/aromatic N) is 1. The second-order valence-electron chi connectivity index (χ2n) is 8.20. The van der Waals surface area contributed by atoms with E-state index in [0.717, 1.165) is 49.2 Å². The van der Waals surface area contributed by atoms with Crippen LogP contribution < -0.4 is 4.74 Å². The van der Waals surface area contributed by atoms with Gasteiger partial charge >= 0.3 is 0 Å². The summed E-state index contributed by atoms with van der Waals surface area (Å²) in [4.78, 5) is 2.30. The Balaban J connectivity index is 1.88. The minimum atomic E-state index is -1.000. The third-order valence-corrected chi connectivity index (χ3v) is 6.37. The first kappa shape index (κ1) is 15.4. The van der Waals surface area contributed by atoms with Crippen molar-refractivity contribution in [3.8, 4) is 5.75 Å². The van der Waals surface area contributed by atoms with Crippen LogP contribution in [0.3, 0.4) is 0 Å². The van der Waals surface area contributed by atoms with E-state index >= 15 is 0 Å². The topological polar surface area (TPSA) is 32.7 Å². The van der Waals surface area contributed by atoms with E-state index in [4.69, 9.17) is 4.74 Å². The number of benzene rings is 1. The standard InChI is InChI=1S/C19H26FNO2/c1-18(2)11-14-15(20)10-12-6-9-23-17(12)16(14)19(18,22)13-4-7-21(3)8-5-13/h10,13,22H,4-9,11H2,1-3H3. The van der Waals surface area contributed by atoms with E-state index in [-0.39, 0.29) is 17.2 Å². The molecule has 4 heteroatoms. The molecule has 0 spiro atoms. The van der Waals surface area contributed by atoms with Crippen LogP contribution in [0.15, 0.2) is 6.07 Å². The summed E-state index contributed by atoms with van der Waals surface area (Å²) in [5, 5.41) is 11.9. The quantitative estimate of drug-likeness (QED) is 0.864. The van der Waals surface area contributed by atoms with Crippen molar-refractivity contribution in [3.05, 3.63) is 28.6 Å². The van der Waals surface area contributed by atoms with Crippen LogP contribution in [0.1, 0.15) is 43.4 Å². The van der Waals surface area contributed by atoms with E-state index in [1.54, 1.807) is 6.07 Å². The van der Waals surface area contributed by atoms with Gasteiger partial charge in [0.05, 0.1) is 6.61 Å². The predicted octanol–water partition coefficient (Wildman–Crippen LogP) is 2.87. The summed E-state index contributed by atoms with van der Waals surface area (Å²) in [6, 6.07) is 1.62. The molecule has 0 amide bonds. The van der Waals surface area contributed by atoms with Gasteiger partial charge < -0.3 is 14.7 Å². The van der Waals surface area contributed by atoms with Gasteiger partial charge in [-0.25, -0.2) is 4.39 Å². The number of halogens is 1. The molecule has 3 nitrogen and oxygen atoms in total. The zero-order valence-electron chi connectivity index (χ0n) is 14.3. The first-order chi connectivity index (χ1) is 10.8. The second-order valence-corrected chi connectivity index (χ2v) is 8.20. The van der Waals surface area contributed by atoms with Crippen molar-refractivity contribution in [2.45, 2.75) is 45.1 Å². The maximum atomic E-state index is 14.7. The molecule has 2 aliphatic heterocycles. The molecule has 1 unspecified atom stereocenters. The van der Waals surface area contributed by atoms with Gasteiger partial charge in [0, 0.05) is 23.0 Å². The monoisotopic (exact) mass is 319 g/mol. The van der Waals surface area contributed by atoms with Crippen LogP contribution in [0.4, 0.5) is 4.39 Å². The molecule has 126 valence electrons. The zero-order valence-corrected chi connectivity index (χ0v) is 14.3. The van der Waals surface area contributed by atoms with E-state index in [1.807, 2.05) is 0 Å². The molecule has 2 heterocycles. The van der Waals surface area contributed by atoms with Crippen LogP contribution in [0.2, 0.25) is 0 Å². The van der Waals surface area contributed by atoms with E-state index in [9.17, 15) is 9.50 Å². The Kier molecular flexibility index (Phi) is 3.30. The summed E-state index contributed by atoms with van der Waals surface area (Å²) < 4.78 is 20.5. The van der Waals surface area contributed by atoms with Crippen molar-refractivity contribution in [1.82, 2.24) is 4.90 Å². The highest BCUT2D eigenvalue weighted by atomic mass is 19.1. The van der Waals surface area contributed by atoms with Crippen molar-refractivity contribution in [3.63, 3.8) is 0 Å². The summed E-state index contributed by atoms with van der Waals surface area (Å²) in [6.07, 6.45) is 3.21. The number of hydrogen-bond acceptors (Lipinski definition) is 3. The molecule has 1 N–H and O–H groups in total. The normalized spacial score (nSPS) is 30.1. The van der Waals surface area contributed by atoms with Crippen LogP contribution in [-0.4, -0.2) is 36.8 Å². The summed E-state index contributed by atoms with van der Waals surface area (Å²) in [6.45, 7) is 6.71. The molecule has 3 aliphatic rings. The molecular weight excluding hydrogens is 293 g/mol. The minimum Gasteiger partial charge on any atom is -0.493 e. The summed E-state index contributed by atoms with van der Waals surface area (Å²) >= 11 is 0. The Bertz CT molecular complexity index is 649. The molecule has 1 aliphatic carbocycles.